The lowest BCUT2D eigenvalue weighted by molar-refractivity contribution is -0.116. The molecule has 8 heteroatoms. The van der Waals surface area contributed by atoms with Crippen molar-refractivity contribution in [1.82, 2.24) is 9.88 Å². The lowest BCUT2D eigenvalue weighted by Crippen LogP contribution is -2.39. The van der Waals surface area contributed by atoms with E-state index in [-0.39, 0.29) is 18.0 Å². The maximum absolute atomic E-state index is 13.4. The van der Waals surface area contributed by atoms with Crippen molar-refractivity contribution in [2.45, 2.75) is 13.3 Å². The molecule has 0 fully saturated rings. The van der Waals surface area contributed by atoms with E-state index in [1.54, 1.807) is 11.6 Å². The number of thiazole rings is 1. The van der Waals surface area contributed by atoms with Gasteiger partial charge in [0.1, 0.15) is 12.4 Å². The van der Waals surface area contributed by atoms with E-state index >= 15 is 0 Å². The van der Waals surface area contributed by atoms with E-state index in [0.717, 1.165) is 6.07 Å². The van der Waals surface area contributed by atoms with Crippen molar-refractivity contribution >= 4 is 28.3 Å². The van der Waals surface area contributed by atoms with Gasteiger partial charge in [-0.1, -0.05) is 6.07 Å². The van der Waals surface area contributed by atoms with Crippen LogP contribution in [0.4, 0.5) is 9.52 Å². The van der Waals surface area contributed by atoms with Gasteiger partial charge >= 0.3 is 0 Å². The highest BCUT2D eigenvalue weighted by Crippen LogP contribution is 2.12. The van der Waals surface area contributed by atoms with Crippen LogP contribution in [0.5, 0.6) is 0 Å². The molecule has 2 aromatic rings. The highest BCUT2D eigenvalue weighted by atomic mass is 32.1. The van der Waals surface area contributed by atoms with Crippen LogP contribution in [0.15, 0.2) is 35.8 Å². The third kappa shape index (κ3) is 6.24. The fourth-order valence-corrected chi connectivity index (χ4v) is 2.72. The fraction of sp³-hybridized carbons (Fsp3) is 0.353. The van der Waals surface area contributed by atoms with Crippen molar-refractivity contribution in [1.29, 1.82) is 0 Å². The van der Waals surface area contributed by atoms with Crippen molar-refractivity contribution in [2.24, 2.45) is 0 Å². The Morgan fingerprint density at radius 1 is 1.40 bits per heavy atom. The van der Waals surface area contributed by atoms with Crippen LogP contribution in [0, 0.1) is 5.82 Å². The zero-order valence-corrected chi connectivity index (χ0v) is 14.7. The Morgan fingerprint density at radius 2 is 2.24 bits per heavy atom. The lowest BCUT2D eigenvalue weighted by Gasteiger charge is -2.22. The molecule has 2 rings (SSSR count). The molecular formula is C17H20FN3O3S. The summed E-state index contributed by atoms with van der Waals surface area (Å²) in [6.07, 6.45) is 2.16. The number of nitrogens with one attached hydrogen (secondary N) is 1. The number of rotatable bonds is 9. The number of carbonyl (C=O) groups is 2. The SMILES string of the molecule is CCOCCCN(CC(=O)Nc1nccs1)C(=O)c1cccc(F)c1. The molecule has 0 radical (unpaired) electrons. The molecule has 0 aliphatic rings. The minimum atomic E-state index is -0.493. The summed E-state index contributed by atoms with van der Waals surface area (Å²) in [5, 5.41) is 4.85. The van der Waals surface area contributed by atoms with Gasteiger partial charge in [-0.05, 0) is 31.5 Å². The van der Waals surface area contributed by atoms with Crippen LogP contribution in [0.3, 0.4) is 0 Å². The third-order valence-electron chi connectivity index (χ3n) is 3.29. The zero-order chi connectivity index (χ0) is 18.1. The zero-order valence-electron chi connectivity index (χ0n) is 13.9. The number of benzene rings is 1. The van der Waals surface area contributed by atoms with E-state index in [2.05, 4.69) is 10.3 Å². The maximum atomic E-state index is 13.4. The van der Waals surface area contributed by atoms with E-state index in [9.17, 15) is 14.0 Å². The second-order valence-corrected chi connectivity index (χ2v) is 6.07. The van der Waals surface area contributed by atoms with Crippen LogP contribution in [0.2, 0.25) is 0 Å². The predicted molar refractivity (Wildman–Crippen MR) is 94.2 cm³/mol. The Balaban J connectivity index is 2.03. The Labute approximate surface area is 149 Å². The van der Waals surface area contributed by atoms with Crippen LogP contribution in [0.25, 0.3) is 0 Å². The first-order valence-corrected chi connectivity index (χ1v) is 8.80. The van der Waals surface area contributed by atoms with Gasteiger partial charge in [-0.2, -0.15) is 0 Å². The highest BCUT2D eigenvalue weighted by molar-refractivity contribution is 7.13. The number of hydrogen-bond acceptors (Lipinski definition) is 5. The molecule has 6 nitrogen and oxygen atoms in total. The van der Waals surface area contributed by atoms with E-state index in [4.69, 9.17) is 4.74 Å². The van der Waals surface area contributed by atoms with Gasteiger partial charge in [0.25, 0.3) is 5.91 Å². The quantitative estimate of drug-likeness (QED) is 0.694. The number of nitrogens with zero attached hydrogens (tertiary/aromatic N) is 2. The topological polar surface area (TPSA) is 71.5 Å². The van der Waals surface area contributed by atoms with Crippen LogP contribution in [0.1, 0.15) is 23.7 Å². The normalized spacial score (nSPS) is 10.5. The van der Waals surface area contributed by atoms with Crippen molar-refractivity contribution in [3.63, 3.8) is 0 Å². The molecule has 0 saturated carbocycles. The first kappa shape index (κ1) is 19.0. The number of aromatic nitrogens is 1. The molecule has 0 atom stereocenters. The minimum absolute atomic E-state index is 0.138. The van der Waals surface area contributed by atoms with E-state index in [1.165, 1.54) is 34.4 Å². The van der Waals surface area contributed by atoms with Crippen LogP contribution >= 0.6 is 11.3 Å². The molecule has 0 aliphatic heterocycles. The summed E-state index contributed by atoms with van der Waals surface area (Å²) in [4.78, 5) is 30.2. The summed E-state index contributed by atoms with van der Waals surface area (Å²) in [5.41, 5.74) is 0.207. The minimum Gasteiger partial charge on any atom is -0.382 e. The average molecular weight is 365 g/mol. The van der Waals surface area contributed by atoms with Crippen molar-refractivity contribution in [2.75, 3.05) is 31.6 Å². The van der Waals surface area contributed by atoms with Gasteiger partial charge in [-0.3, -0.25) is 9.59 Å². The Bertz CT molecular complexity index is 694. The van der Waals surface area contributed by atoms with Crippen LogP contribution in [-0.4, -0.2) is 48.0 Å². The van der Waals surface area contributed by atoms with Crippen molar-refractivity contribution < 1.29 is 18.7 Å². The Morgan fingerprint density at radius 3 is 2.92 bits per heavy atom. The van der Waals surface area contributed by atoms with Crippen LogP contribution in [-0.2, 0) is 9.53 Å². The molecule has 0 spiro atoms. The molecule has 0 bridgehead atoms. The summed E-state index contributed by atoms with van der Waals surface area (Å²) in [5.74, 6) is -1.24. The van der Waals surface area contributed by atoms with E-state index in [1.807, 2.05) is 6.92 Å². The molecule has 0 saturated heterocycles. The third-order valence-corrected chi connectivity index (χ3v) is 3.98. The standard InChI is InChI=1S/C17H20FN3O3S/c1-2-24-9-4-8-21(12-15(22)20-17-19-7-10-25-17)16(23)13-5-3-6-14(18)11-13/h3,5-7,10-11H,2,4,8-9,12H2,1H3,(H,19,20,22). The van der Waals surface area contributed by atoms with Crippen molar-refractivity contribution in [3.8, 4) is 0 Å². The first-order chi connectivity index (χ1) is 12.1. The predicted octanol–water partition coefficient (Wildman–Crippen LogP) is 2.79. The molecule has 25 heavy (non-hydrogen) atoms. The number of halogens is 1. The Hall–Kier alpha value is -2.32. The van der Waals surface area contributed by atoms with Crippen LogP contribution < -0.4 is 5.32 Å². The second kappa shape index (κ2) is 9.85. The van der Waals surface area contributed by atoms with E-state index < -0.39 is 11.7 Å². The molecule has 1 heterocycles. The number of carbonyl (C=O) groups excluding carboxylic acids is 2. The van der Waals surface area contributed by atoms with Gasteiger partial charge in [0.05, 0.1) is 0 Å². The number of anilines is 1. The molecule has 1 N–H and O–H groups in total. The summed E-state index contributed by atoms with van der Waals surface area (Å²) in [7, 11) is 0. The molecule has 134 valence electrons. The summed E-state index contributed by atoms with van der Waals surface area (Å²) >= 11 is 1.29. The van der Waals surface area contributed by atoms with Gasteiger partial charge in [0.2, 0.25) is 5.91 Å². The fourth-order valence-electron chi connectivity index (χ4n) is 2.18. The molecule has 0 unspecified atom stereocenters. The largest absolute Gasteiger partial charge is 0.382 e. The number of hydrogen-bond donors (Lipinski definition) is 1. The summed E-state index contributed by atoms with van der Waals surface area (Å²) in [6, 6.07) is 5.43. The highest BCUT2D eigenvalue weighted by Gasteiger charge is 2.19. The first-order valence-electron chi connectivity index (χ1n) is 7.92. The molecule has 2 amide bonds. The second-order valence-electron chi connectivity index (χ2n) is 5.17. The molecule has 0 aliphatic carbocycles. The summed E-state index contributed by atoms with van der Waals surface area (Å²) < 4.78 is 18.7. The van der Waals surface area contributed by atoms with Gasteiger partial charge in [-0.15, -0.1) is 11.3 Å². The smallest absolute Gasteiger partial charge is 0.254 e. The van der Waals surface area contributed by atoms with Gasteiger partial charge < -0.3 is 15.0 Å². The van der Waals surface area contributed by atoms with Gasteiger partial charge in [0, 0.05) is 36.9 Å². The lowest BCUT2D eigenvalue weighted by atomic mass is 10.2. The Kier molecular flexibility index (Phi) is 7.49. The monoisotopic (exact) mass is 365 g/mol. The number of ether oxygens (including phenoxy) is 1. The maximum Gasteiger partial charge on any atom is 0.254 e. The average Bonchev–Trinajstić information content (AvgIpc) is 3.10. The molecule has 1 aromatic carbocycles. The summed E-state index contributed by atoms with van der Waals surface area (Å²) in [6.45, 7) is 3.15. The van der Waals surface area contributed by atoms with Gasteiger partial charge in [-0.25, -0.2) is 9.37 Å². The van der Waals surface area contributed by atoms with E-state index in [0.29, 0.717) is 31.3 Å². The number of amides is 2. The molecular weight excluding hydrogens is 345 g/mol. The van der Waals surface area contributed by atoms with Gasteiger partial charge in [0.15, 0.2) is 5.13 Å². The molecule has 1 aromatic heterocycles. The van der Waals surface area contributed by atoms with Crippen molar-refractivity contribution in [3.05, 3.63) is 47.2 Å².